The smallest absolute Gasteiger partial charge is 0.326 e. The standard InChI is InChI=1S/C30H38N4O5/c1-20-11-13-22(14-12-20)18-24(32-27(35)19-23(31)17-21-7-3-2-4-8-21)28(36)33-15-5-9-25(33)29(37)34-16-6-10-26(34)30(38)39/h2-4,7-8,11-14,23-26H,5-6,9-10,15-19,31H2,1H3,(H,32,35)(H,38,39)/t23-,24-,25-,26-/m0/s1. The summed E-state index contributed by atoms with van der Waals surface area (Å²) in [5.74, 6) is -2.00. The van der Waals surface area contributed by atoms with E-state index in [-0.39, 0.29) is 30.6 Å². The van der Waals surface area contributed by atoms with Gasteiger partial charge in [0, 0.05) is 32.0 Å². The molecule has 4 atom stereocenters. The second kappa shape index (κ2) is 12.9. The van der Waals surface area contributed by atoms with Crippen molar-refractivity contribution in [2.24, 2.45) is 5.73 Å². The largest absolute Gasteiger partial charge is 0.480 e. The number of hydrogen-bond donors (Lipinski definition) is 3. The van der Waals surface area contributed by atoms with Gasteiger partial charge < -0.3 is 26.0 Å². The SMILES string of the molecule is Cc1ccc(C[C@H](NC(=O)C[C@@H](N)Cc2ccccc2)C(=O)N2CCC[C@H]2C(=O)N2CCC[C@H]2C(=O)O)cc1. The summed E-state index contributed by atoms with van der Waals surface area (Å²) in [5, 5.41) is 12.5. The molecule has 2 aliphatic rings. The minimum Gasteiger partial charge on any atom is -0.480 e. The number of carbonyl (C=O) groups is 4. The van der Waals surface area contributed by atoms with Gasteiger partial charge in [-0.1, -0.05) is 60.2 Å². The molecule has 4 rings (SSSR count). The zero-order valence-corrected chi connectivity index (χ0v) is 22.4. The molecule has 2 saturated heterocycles. The van der Waals surface area contributed by atoms with E-state index in [4.69, 9.17) is 5.73 Å². The van der Waals surface area contributed by atoms with Crippen molar-refractivity contribution in [3.8, 4) is 0 Å². The maximum atomic E-state index is 13.9. The number of nitrogens with two attached hydrogens (primary N) is 1. The molecular formula is C30H38N4O5. The molecule has 2 heterocycles. The van der Waals surface area contributed by atoms with Gasteiger partial charge in [0.1, 0.15) is 18.1 Å². The molecule has 0 spiro atoms. The van der Waals surface area contributed by atoms with Crippen molar-refractivity contribution >= 4 is 23.7 Å². The van der Waals surface area contributed by atoms with E-state index in [9.17, 15) is 24.3 Å². The molecule has 0 aliphatic carbocycles. The third-order valence-corrected chi connectivity index (χ3v) is 7.62. The van der Waals surface area contributed by atoms with Gasteiger partial charge in [0.05, 0.1) is 0 Å². The summed E-state index contributed by atoms with van der Waals surface area (Å²) >= 11 is 0. The fourth-order valence-electron chi connectivity index (χ4n) is 5.61. The molecule has 2 aromatic carbocycles. The van der Waals surface area contributed by atoms with Gasteiger partial charge in [0.25, 0.3) is 0 Å². The highest BCUT2D eigenvalue weighted by Crippen LogP contribution is 2.26. The Balaban J connectivity index is 1.48. The Bertz CT molecular complexity index is 1170. The van der Waals surface area contributed by atoms with E-state index in [1.165, 1.54) is 9.80 Å². The van der Waals surface area contributed by atoms with Gasteiger partial charge in [0.15, 0.2) is 0 Å². The second-order valence-corrected chi connectivity index (χ2v) is 10.7. The lowest BCUT2D eigenvalue weighted by Crippen LogP contribution is -2.56. The Hall–Kier alpha value is -3.72. The molecule has 2 aromatic rings. The normalized spacial score (nSPS) is 20.5. The van der Waals surface area contributed by atoms with Crippen molar-refractivity contribution in [3.63, 3.8) is 0 Å². The highest BCUT2D eigenvalue weighted by molar-refractivity contribution is 5.94. The fraction of sp³-hybridized carbons (Fsp3) is 0.467. The van der Waals surface area contributed by atoms with Crippen LogP contribution in [0.15, 0.2) is 54.6 Å². The Labute approximate surface area is 229 Å². The number of aryl methyl sites for hydroxylation is 1. The molecule has 208 valence electrons. The summed E-state index contributed by atoms with van der Waals surface area (Å²) in [7, 11) is 0. The van der Waals surface area contributed by atoms with Crippen LogP contribution in [-0.2, 0) is 32.0 Å². The van der Waals surface area contributed by atoms with E-state index in [1.807, 2.05) is 61.5 Å². The average Bonchev–Trinajstić information content (AvgIpc) is 3.60. The summed E-state index contributed by atoms with van der Waals surface area (Å²) in [6.45, 7) is 2.73. The molecule has 39 heavy (non-hydrogen) atoms. The van der Waals surface area contributed by atoms with Gasteiger partial charge >= 0.3 is 5.97 Å². The molecule has 0 unspecified atom stereocenters. The summed E-state index contributed by atoms with van der Waals surface area (Å²) in [6, 6.07) is 14.6. The van der Waals surface area contributed by atoms with Gasteiger partial charge in [-0.25, -0.2) is 4.79 Å². The lowest BCUT2D eigenvalue weighted by Gasteiger charge is -2.32. The lowest BCUT2D eigenvalue weighted by molar-refractivity contribution is -0.152. The molecule has 0 aromatic heterocycles. The topological polar surface area (TPSA) is 133 Å². The van der Waals surface area contributed by atoms with Gasteiger partial charge in [-0.15, -0.1) is 0 Å². The Kier molecular flexibility index (Phi) is 9.35. The van der Waals surface area contributed by atoms with Gasteiger partial charge in [-0.05, 0) is 50.2 Å². The zero-order valence-electron chi connectivity index (χ0n) is 22.4. The molecular weight excluding hydrogens is 496 g/mol. The van der Waals surface area contributed by atoms with E-state index >= 15 is 0 Å². The van der Waals surface area contributed by atoms with Gasteiger partial charge in [-0.3, -0.25) is 14.4 Å². The number of nitrogens with one attached hydrogen (secondary N) is 1. The number of hydrogen-bond acceptors (Lipinski definition) is 5. The van der Waals surface area contributed by atoms with Crippen LogP contribution in [0.1, 0.15) is 48.8 Å². The summed E-state index contributed by atoms with van der Waals surface area (Å²) in [6.07, 6.45) is 3.02. The van der Waals surface area contributed by atoms with Crippen molar-refractivity contribution < 1.29 is 24.3 Å². The number of nitrogens with zero attached hydrogens (tertiary/aromatic N) is 2. The van der Waals surface area contributed by atoms with Gasteiger partial charge in [0.2, 0.25) is 17.7 Å². The zero-order chi connectivity index (χ0) is 27.9. The number of benzene rings is 2. The van der Waals surface area contributed by atoms with Crippen molar-refractivity contribution in [2.45, 2.75) is 76.0 Å². The number of carboxylic acids is 1. The second-order valence-electron chi connectivity index (χ2n) is 10.7. The van der Waals surface area contributed by atoms with Crippen molar-refractivity contribution in [3.05, 3.63) is 71.3 Å². The van der Waals surface area contributed by atoms with E-state index in [0.717, 1.165) is 16.7 Å². The van der Waals surface area contributed by atoms with Crippen LogP contribution in [0, 0.1) is 6.92 Å². The molecule has 4 N–H and O–H groups in total. The highest BCUT2D eigenvalue weighted by atomic mass is 16.4. The van der Waals surface area contributed by atoms with E-state index in [0.29, 0.717) is 45.2 Å². The van der Waals surface area contributed by atoms with Crippen molar-refractivity contribution in [1.29, 1.82) is 0 Å². The number of amides is 3. The number of carboxylic acid groups (broad SMARTS) is 1. The first-order valence-electron chi connectivity index (χ1n) is 13.7. The number of likely N-dealkylation sites (tertiary alicyclic amines) is 2. The molecule has 2 aliphatic heterocycles. The fourth-order valence-corrected chi connectivity index (χ4v) is 5.61. The molecule has 9 nitrogen and oxygen atoms in total. The van der Waals surface area contributed by atoms with Crippen molar-refractivity contribution in [2.75, 3.05) is 13.1 Å². The minimum atomic E-state index is -1.02. The summed E-state index contributed by atoms with van der Waals surface area (Å²) in [5.41, 5.74) is 9.27. The quantitative estimate of drug-likeness (QED) is 0.427. The lowest BCUT2D eigenvalue weighted by atomic mass is 10.0. The van der Waals surface area contributed by atoms with E-state index in [2.05, 4.69) is 5.32 Å². The number of aliphatic carboxylic acids is 1. The molecule has 9 heteroatoms. The monoisotopic (exact) mass is 534 g/mol. The first-order valence-corrected chi connectivity index (χ1v) is 13.7. The van der Waals surface area contributed by atoms with Crippen LogP contribution in [0.5, 0.6) is 0 Å². The van der Waals surface area contributed by atoms with Crippen LogP contribution in [0.4, 0.5) is 0 Å². The number of carbonyl (C=O) groups excluding carboxylic acids is 3. The maximum absolute atomic E-state index is 13.9. The van der Waals surface area contributed by atoms with Crippen LogP contribution in [0.25, 0.3) is 0 Å². The minimum absolute atomic E-state index is 0.0585. The molecule has 2 fully saturated rings. The molecule has 0 bridgehead atoms. The van der Waals surface area contributed by atoms with Crippen LogP contribution in [0.3, 0.4) is 0 Å². The predicted molar refractivity (Wildman–Crippen MR) is 147 cm³/mol. The molecule has 3 amide bonds. The molecule has 0 radical (unpaired) electrons. The Morgan fingerprint density at radius 3 is 2.18 bits per heavy atom. The third-order valence-electron chi connectivity index (χ3n) is 7.62. The predicted octanol–water partition coefficient (Wildman–Crippen LogP) is 2.05. The highest BCUT2D eigenvalue weighted by Gasteiger charge is 2.43. The van der Waals surface area contributed by atoms with E-state index in [1.54, 1.807) is 0 Å². The van der Waals surface area contributed by atoms with Crippen LogP contribution < -0.4 is 11.1 Å². The number of rotatable bonds is 10. The average molecular weight is 535 g/mol. The van der Waals surface area contributed by atoms with Crippen molar-refractivity contribution in [1.82, 2.24) is 15.1 Å². The third kappa shape index (κ3) is 7.23. The summed E-state index contributed by atoms with van der Waals surface area (Å²) < 4.78 is 0. The maximum Gasteiger partial charge on any atom is 0.326 e. The Morgan fingerprint density at radius 2 is 1.51 bits per heavy atom. The first kappa shape index (κ1) is 28.3. The first-order chi connectivity index (χ1) is 18.7. The Morgan fingerprint density at radius 1 is 0.897 bits per heavy atom. The van der Waals surface area contributed by atoms with E-state index < -0.39 is 30.1 Å². The summed E-state index contributed by atoms with van der Waals surface area (Å²) in [4.78, 5) is 54.9. The van der Waals surface area contributed by atoms with Crippen LogP contribution in [-0.4, -0.2) is 75.9 Å². The van der Waals surface area contributed by atoms with Gasteiger partial charge in [-0.2, -0.15) is 0 Å². The van der Waals surface area contributed by atoms with Crippen LogP contribution >= 0.6 is 0 Å². The molecule has 0 saturated carbocycles. The van der Waals surface area contributed by atoms with Crippen LogP contribution in [0.2, 0.25) is 0 Å².